The van der Waals surface area contributed by atoms with Gasteiger partial charge in [0.1, 0.15) is 23.9 Å². The van der Waals surface area contributed by atoms with Crippen molar-refractivity contribution in [3.8, 4) is 11.5 Å². The average Bonchev–Trinajstić information content (AvgIpc) is 3.54. The lowest BCUT2D eigenvalue weighted by molar-refractivity contribution is -0.132. The van der Waals surface area contributed by atoms with E-state index in [0.29, 0.717) is 46.5 Å². The number of fused-ring (bicyclic) bond motifs is 1. The molecule has 1 amide bonds. The molecular weight excluding hydrogens is 538 g/mol. The van der Waals surface area contributed by atoms with E-state index in [1.165, 1.54) is 28.6 Å². The van der Waals surface area contributed by atoms with E-state index in [0.717, 1.165) is 10.3 Å². The van der Waals surface area contributed by atoms with Gasteiger partial charge in [-0.2, -0.15) is 0 Å². The molecule has 3 aromatic carbocycles. The molecule has 1 aliphatic rings. The van der Waals surface area contributed by atoms with Gasteiger partial charge in [0.15, 0.2) is 5.13 Å². The molecule has 204 valence electrons. The number of anilines is 1. The minimum Gasteiger partial charge on any atom is -0.507 e. The van der Waals surface area contributed by atoms with Gasteiger partial charge in [0.05, 0.1) is 28.4 Å². The van der Waals surface area contributed by atoms with E-state index < -0.39 is 17.7 Å². The van der Waals surface area contributed by atoms with Crippen molar-refractivity contribution in [3.63, 3.8) is 0 Å². The number of hydrogen-bond donors (Lipinski definition) is 1. The van der Waals surface area contributed by atoms with Crippen LogP contribution in [0.3, 0.4) is 0 Å². The molecule has 0 saturated carbocycles. The maximum Gasteiger partial charge on any atom is 0.301 e. The van der Waals surface area contributed by atoms with Crippen molar-refractivity contribution in [1.29, 1.82) is 0 Å². The summed E-state index contributed by atoms with van der Waals surface area (Å²) < 4.78 is 12.5. The number of aromatic nitrogens is 2. The standard InChI is InChI=1S/C32H25N3O5S/c1-2-39-24-11-12-25-26(18-24)41-32(34-25)35-28(27(30(37)31(35)38)29(36)21-13-15-33-16-14-21)22-9-6-10-23(17-22)40-19-20-7-4-3-5-8-20/h3-18,28,36H,2,19H2,1H3/b29-27+. The van der Waals surface area contributed by atoms with Gasteiger partial charge in [0, 0.05) is 18.0 Å². The van der Waals surface area contributed by atoms with Gasteiger partial charge >= 0.3 is 5.91 Å². The smallest absolute Gasteiger partial charge is 0.301 e. The summed E-state index contributed by atoms with van der Waals surface area (Å²) in [6, 6.07) is 24.7. The van der Waals surface area contributed by atoms with Crippen molar-refractivity contribution in [2.75, 3.05) is 11.5 Å². The van der Waals surface area contributed by atoms with Gasteiger partial charge in [0.2, 0.25) is 0 Å². The van der Waals surface area contributed by atoms with Crippen molar-refractivity contribution >= 4 is 44.1 Å². The van der Waals surface area contributed by atoms with E-state index in [1.807, 2.05) is 61.5 Å². The van der Waals surface area contributed by atoms with Crippen LogP contribution >= 0.6 is 11.3 Å². The third-order valence-corrected chi connectivity index (χ3v) is 7.70. The molecule has 2 aromatic heterocycles. The number of nitrogens with zero attached hydrogens (tertiary/aromatic N) is 3. The Hall–Kier alpha value is -5.02. The van der Waals surface area contributed by atoms with Crippen LogP contribution in [0.4, 0.5) is 5.13 Å². The van der Waals surface area contributed by atoms with E-state index in [-0.39, 0.29) is 11.3 Å². The summed E-state index contributed by atoms with van der Waals surface area (Å²) >= 11 is 1.28. The minimum atomic E-state index is -0.935. The summed E-state index contributed by atoms with van der Waals surface area (Å²) in [4.78, 5) is 37.2. The molecular formula is C32H25N3O5S. The second kappa shape index (κ2) is 11.2. The van der Waals surface area contributed by atoms with Crippen LogP contribution in [-0.2, 0) is 16.2 Å². The Morgan fingerprint density at radius 3 is 2.49 bits per heavy atom. The topological polar surface area (TPSA) is 102 Å². The van der Waals surface area contributed by atoms with Crippen molar-refractivity contribution in [2.45, 2.75) is 19.6 Å². The van der Waals surface area contributed by atoms with E-state index >= 15 is 0 Å². The number of thiazole rings is 1. The highest BCUT2D eigenvalue weighted by Gasteiger charge is 2.48. The summed E-state index contributed by atoms with van der Waals surface area (Å²) in [7, 11) is 0. The second-order valence-electron chi connectivity index (χ2n) is 9.31. The molecule has 5 aromatic rings. The number of pyridine rings is 1. The van der Waals surface area contributed by atoms with Crippen LogP contribution in [0.15, 0.2) is 103 Å². The van der Waals surface area contributed by atoms with Crippen molar-refractivity contribution < 1.29 is 24.2 Å². The van der Waals surface area contributed by atoms with Crippen molar-refractivity contribution in [2.24, 2.45) is 0 Å². The fraction of sp³-hybridized carbons (Fsp3) is 0.125. The molecule has 3 heterocycles. The second-order valence-corrected chi connectivity index (χ2v) is 10.3. The Morgan fingerprint density at radius 1 is 0.927 bits per heavy atom. The number of benzene rings is 3. The zero-order chi connectivity index (χ0) is 28.3. The van der Waals surface area contributed by atoms with Crippen LogP contribution in [0.25, 0.3) is 16.0 Å². The molecule has 1 atom stereocenters. The van der Waals surface area contributed by atoms with Gasteiger partial charge in [-0.3, -0.25) is 19.5 Å². The SMILES string of the molecule is CCOc1ccc2nc(N3C(=O)C(=O)/C(=C(/O)c4ccncc4)C3c3cccc(OCc4ccccc4)c3)sc2c1. The molecule has 1 fully saturated rings. The third kappa shape index (κ3) is 5.15. The van der Waals surface area contributed by atoms with Crippen LogP contribution in [0, 0.1) is 0 Å². The highest BCUT2D eigenvalue weighted by Crippen LogP contribution is 2.45. The number of aliphatic hydroxyl groups excluding tert-OH is 1. The van der Waals surface area contributed by atoms with E-state index in [2.05, 4.69) is 4.98 Å². The number of ketones is 1. The largest absolute Gasteiger partial charge is 0.507 e. The van der Waals surface area contributed by atoms with Gasteiger partial charge in [-0.05, 0) is 60.5 Å². The number of carbonyl (C=O) groups is 2. The van der Waals surface area contributed by atoms with Crippen LogP contribution in [-0.4, -0.2) is 33.4 Å². The van der Waals surface area contributed by atoms with E-state index in [9.17, 15) is 14.7 Å². The van der Waals surface area contributed by atoms with Gasteiger partial charge in [-0.1, -0.05) is 53.8 Å². The number of aliphatic hydroxyl groups is 1. The number of ether oxygens (including phenoxy) is 2. The Kier molecular flexibility index (Phi) is 7.18. The molecule has 1 saturated heterocycles. The van der Waals surface area contributed by atoms with Crippen molar-refractivity contribution in [1.82, 2.24) is 9.97 Å². The molecule has 0 radical (unpaired) electrons. The Bertz CT molecular complexity index is 1770. The molecule has 0 spiro atoms. The average molecular weight is 564 g/mol. The lowest BCUT2D eigenvalue weighted by Gasteiger charge is -2.23. The summed E-state index contributed by atoms with van der Waals surface area (Å²) in [6.45, 7) is 2.77. The van der Waals surface area contributed by atoms with Crippen LogP contribution in [0.5, 0.6) is 11.5 Å². The van der Waals surface area contributed by atoms with E-state index in [1.54, 1.807) is 30.3 Å². The first kappa shape index (κ1) is 26.2. The summed E-state index contributed by atoms with van der Waals surface area (Å²) in [6.07, 6.45) is 3.03. The highest BCUT2D eigenvalue weighted by atomic mass is 32.1. The lowest BCUT2D eigenvalue weighted by atomic mass is 9.95. The molecule has 41 heavy (non-hydrogen) atoms. The Morgan fingerprint density at radius 2 is 1.71 bits per heavy atom. The number of rotatable bonds is 8. The van der Waals surface area contributed by atoms with Crippen LogP contribution < -0.4 is 14.4 Å². The molecule has 1 N–H and O–H groups in total. The zero-order valence-corrected chi connectivity index (χ0v) is 22.9. The number of carbonyl (C=O) groups excluding carboxylic acids is 2. The zero-order valence-electron chi connectivity index (χ0n) is 22.1. The first-order valence-corrected chi connectivity index (χ1v) is 13.9. The summed E-state index contributed by atoms with van der Waals surface area (Å²) in [5, 5.41) is 11.7. The summed E-state index contributed by atoms with van der Waals surface area (Å²) in [5.74, 6) is -0.602. The minimum absolute atomic E-state index is 0.0318. The third-order valence-electron chi connectivity index (χ3n) is 6.69. The number of Topliss-reactive ketones (excluding diaryl/α,β-unsaturated/α-hetero) is 1. The Labute approximate surface area is 240 Å². The predicted molar refractivity (Wildman–Crippen MR) is 157 cm³/mol. The maximum atomic E-state index is 13.6. The molecule has 1 unspecified atom stereocenters. The molecule has 0 aliphatic carbocycles. The number of hydrogen-bond acceptors (Lipinski definition) is 8. The number of amides is 1. The van der Waals surface area contributed by atoms with Gasteiger partial charge < -0.3 is 14.6 Å². The first-order valence-electron chi connectivity index (χ1n) is 13.0. The summed E-state index contributed by atoms with van der Waals surface area (Å²) in [5.41, 5.74) is 2.62. The van der Waals surface area contributed by atoms with Gasteiger partial charge in [-0.15, -0.1) is 0 Å². The molecule has 0 bridgehead atoms. The molecule has 8 nitrogen and oxygen atoms in total. The van der Waals surface area contributed by atoms with Crippen LogP contribution in [0.2, 0.25) is 0 Å². The van der Waals surface area contributed by atoms with Gasteiger partial charge in [0.25, 0.3) is 5.78 Å². The first-order chi connectivity index (χ1) is 20.0. The van der Waals surface area contributed by atoms with Crippen molar-refractivity contribution in [3.05, 3.63) is 120 Å². The quantitative estimate of drug-likeness (QED) is 0.134. The highest BCUT2D eigenvalue weighted by molar-refractivity contribution is 7.22. The monoisotopic (exact) mass is 563 g/mol. The van der Waals surface area contributed by atoms with Gasteiger partial charge in [-0.25, -0.2) is 4.98 Å². The van der Waals surface area contributed by atoms with Crippen LogP contribution in [0.1, 0.15) is 29.7 Å². The molecule has 6 rings (SSSR count). The normalized spacial score (nSPS) is 16.3. The molecule has 9 heteroatoms. The maximum absolute atomic E-state index is 13.6. The predicted octanol–water partition coefficient (Wildman–Crippen LogP) is 6.30. The fourth-order valence-electron chi connectivity index (χ4n) is 4.78. The Balaban J connectivity index is 1.46. The van der Waals surface area contributed by atoms with E-state index in [4.69, 9.17) is 14.5 Å². The fourth-order valence-corrected chi connectivity index (χ4v) is 5.80. The molecule has 1 aliphatic heterocycles. The lowest BCUT2D eigenvalue weighted by Crippen LogP contribution is -2.29.